The number of nitrogens with one attached hydrogen (secondary N) is 1. The van der Waals surface area contributed by atoms with Gasteiger partial charge in [-0.05, 0) is 17.7 Å². The molecule has 0 atom stereocenters. The van der Waals surface area contributed by atoms with Gasteiger partial charge in [0.2, 0.25) is 0 Å². The first-order valence-electron chi connectivity index (χ1n) is 5.11. The molecule has 2 N–H and O–H groups in total. The highest BCUT2D eigenvalue weighted by atomic mass is 32.2. The highest BCUT2D eigenvalue weighted by molar-refractivity contribution is 8.00. The molecule has 4 nitrogen and oxygen atoms in total. The molecular formula is C11H15NO3S. The standard InChI is InChI=1S/C11H15NO3S/c1-14-11-4-8(5-12-13)2-3-10(11)15-9-6-16-7-9/h2-4,9,12-13H,5-7H2,1H3. The summed E-state index contributed by atoms with van der Waals surface area (Å²) in [7, 11) is 1.62. The van der Waals surface area contributed by atoms with Crippen molar-refractivity contribution in [2.45, 2.75) is 12.6 Å². The van der Waals surface area contributed by atoms with Gasteiger partial charge in [-0.25, -0.2) is 5.48 Å². The van der Waals surface area contributed by atoms with E-state index < -0.39 is 0 Å². The van der Waals surface area contributed by atoms with Crippen molar-refractivity contribution in [2.24, 2.45) is 0 Å². The lowest BCUT2D eigenvalue weighted by molar-refractivity contribution is 0.161. The molecule has 1 saturated heterocycles. The quantitative estimate of drug-likeness (QED) is 0.768. The van der Waals surface area contributed by atoms with Gasteiger partial charge in [-0.3, -0.25) is 0 Å². The lowest BCUT2D eigenvalue weighted by atomic mass is 10.2. The summed E-state index contributed by atoms with van der Waals surface area (Å²) in [6, 6.07) is 5.66. The summed E-state index contributed by atoms with van der Waals surface area (Å²) in [6.07, 6.45) is 0.306. The fraction of sp³-hybridized carbons (Fsp3) is 0.455. The van der Waals surface area contributed by atoms with Gasteiger partial charge in [0.05, 0.1) is 7.11 Å². The highest BCUT2D eigenvalue weighted by Gasteiger charge is 2.21. The van der Waals surface area contributed by atoms with E-state index in [0.29, 0.717) is 18.4 Å². The Morgan fingerprint density at radius 3 is 2.81 bits per heavy atom. The van der Waals surface area contributed by atoms with E-state index >= 15 is 0 Å². The van der Waals surface area contributed by atoms with Crippen LogP contribution in [0.5, 0.6) is 11.5 Å². The number of thioether (sulfide) groups is 1. The molecule has 0 saturated carbocycles. The largest absolute Gasteiger partial charge is 0.493 e. The zero-order chi connectivity index (χ0) is 11.4. The Bertz CT molecular complexity index is 355. The van der Waals surface area contributed by atoms with Crippen LogP contribution in [-0.2, 0) is 6.54 Å². The molecule has 5 heteroatoms. The van der Waals surface area contributed by atoms with Crippen molar-refractivity contribution in [1.82, 2.24) is 5.48 Å². The van der Waals surface area contributed by atoms with Crippen LogP contribution in [0.25, 0.3) is 0 Å². The van der Waals surface area contributed by atoms with Gasteiger partial charge in [-0.1, -0.05) is 6.07 Å². The second-order valence-electron chi connectivity index (χ2n) is 3.60. The molecule has 0 aliphatic carbocycles. The summed E-state index contributed by atoms with van der Waals surface area (Å²) in [5, 5.41) is 8.62. The molecule has 1 aromatic carbocycles. The normalized spacial score (nSPS) is 15.6. The van der Waals surface area contributed by atoms with Gasteiger partial charge in [-0.2, -0.15) is 11.8 Å². The molecule has 0 aromatic heterocycles. The maximum atomic E-state index is 8.62. The molecule has 0 bridgehead atoms. The minimum Gasteiger partial charge on any atom is -0.493 e. The molecule has 1 aromatic rings. The zero-order valence-electron chi connectivity index (χ0n) is 9.10. The van der Waals surface area contributed by atoms with Crippen molar-refractivity contribution in [2.75, 3.05) is 18.6 Å². The van der Waals surface area contributed by atoms with Gasteiger partial charge >= 0.3 is 0 Å². The van der Waals surface area contributed by atoms with Crippen molar-refractivity contribution in [3.05, 3.63) is 23.8 Å². The first-order valence-corrected chi connectivity index (χ1v) is 6.27. The minimum atomic E-state index is 0.306. The molecule has 88 valence electrons. The number of benzene rings is 1. The van der Waals surface area contributed by atoms with E-state index in [2.05, 4.69) is 5.48 Å². The van der Waals surface area contributed by atoms with E-state index in [1.54, 1.807) is 7.11 Å². The Labute approximate surface area is 98.9 Å². The minimum absolute atomic E-state index is 0.306. The average molecular weight is 241 g/mol. The van der Waals surface area contributed by atoms with E-state index in [1.165, 1.54) is 0 Å². The summed E-state index contributed by atoms with van der Waals surface area (Å²) in [6.45, 7) is 0.399. The van der Waals surface area contributed by atoms with Crippen LogP contribution in [0, 0.1) is 0 Å². The number of methoxy groups -OCH3 is 1. The number of ether oxygens (including phenoxy) is 2. The van der Waals surface area contributed by atoms with E-state index in [4.69, 9.17) is 14.7 Å². The van der Waals surface area contributed by atoms with Crippen molar-refractivity contribution in [3.8, 4) is 11.5 Å². The molecule has 2 rings (SSSR count). The number of hydrogen-bond acceptors (Lipinski definition) is 5. The van der Waals surface area contributed by atoms with E-state index in [9.17, 15) is 0 Å². The van der Waals surface area contributed by atoms with Gasteiger partial charge in [0.15, 0.2) is 11.5 Å². The van der Waals surface area contributed by atoms with Crippen LogP contribution >= 0.6 is 11.8 Å². The summed E-state index contributed by atoms with van der Waals surface area (Å²) >= 11 is 1.88. The Morgan fingerprint density at radius 2 is 2.25 bits per heavy atom. The van der Waals surface area contributed by atoms with E-state index in [1.807, 2.05) is 30.0 Å². The van der Waals surface area contributed by atoms with Gasteiger partial charge < -0.3 is 14.7 Å². The Kier molecular flexibility index (Phi) is 3.93. The molecule has 1 aliphatic rings. The van der Waals surface area contributed by atoms with Crippen LogP contribution in [0.3, 0.4) is 0 Å². The zero-order valence-corrected chi connectivity index (χ0v) is 9.92. The van der Waals surface area contributed by atoms with E-state index in [0.717, 1.165) is 22.8 Å². The maximum absolute atomic E-state index is 8.62. The molecule has 1 fully saturated rings. The van der Waals surface area contributed by atoms with Crippen LogP contribution in [0.2, 0.25) is 0 Å². The second kappa shape index (κ2) is 5.43. The molecule has 0 spiro atoms. The molecule has 16 heavy (non-hydrogen) atoms. The monoisotopic (exact) mass is 241 g/mol. The van der Waals surface area contributed by atoms with Crippen LogP contribution < -0.4 is 15.0 Å². The lowest BCUT2D eigenvalue weighted by Crippen LogP contribution is -2.31. The fourth-order valence-corrected chi connectivity index (χ4v) is 2.04. The third-order valence-electron chi connectivity index (χ3n) is 2.41. The summed E-state index contributed by atoms with van der Waals surface area (Å²) in [5.41, 5.74) is 3.07. The predicted molar refractivity (Wildman–Crippen MR) is 63.4 cm³/mol. The average Bonchev–Trinajstić information content (AvgIpc) is 2.25. The van der Waals surface area contributed by atoms with Gasteiger partial charge in [-0.15, -0.1) is 0 Å². The highest BCUT2D eigenvalue weighted by Crippen LogP contribution is 2.32. The van der Waals surface area contributed by atoms with Gasteiger partial charge in [0.25, 0.3) is 0 Å². The Balaban J connectivity index is 2.10. The summed E-state index contributed by atoms with van der Waals surface area (Å²) in [5.74, 6) is 3.57. The predicted octanol–water partition coefficient (Wildman–Crippen LogP) is 1.67. The molecule has 1 heterocycles. The third-order valence-corrected chi connectivity index (χ3v) is 3.63. The van der Waals surface area contributed by atoms with Crippen molar-refractivity contribution in [3.63, 3.8) is 0 Å². The van der Waals surface area contributed by atoms with Crippen molar-refractivity contribution >= 4 is 11.8 Å². The molecule has 0 amide bonds. The first-order chi connectivity index (χ1) is 7.83. The van der Waals surface area contributed by atoms with Gasteiger partial charge in [0.1, 0.15) is 6.10 Å². The smallest absolute Gasteiger partial charge is 0.161 e. The van der Waals surface area contributed by atoms with Crippen molar-refractivity contribution < 1.29 is 14.7 Å². The van der Waals surface area contributed by atoms with Gasteiger partial charge in [0, 0.05) is 18.1 Å². The second-order valence-corrected chi connectivity index (χ2v) is 4.67. The lowest BCUT2D eigenvalue weighted by Gasteiger charge is -2.26. The van der Waals surface area contributed by atoms with Crippen LogP contribution in [0.15, 0.2) is 18.2 Å². The maximum Gasteiger partial charge on any atom is 0.161 e. The van der Waals surface area contributed by atoms with Crippen LogP contribution in [0.4, 0.5) is 0 Å². The molecule has 1 aliphatic heterocycles. The topological polar surface area (TPSA) is 50.7 Å². The summed E-state index contributed by atoms with van der Waals surface area (Å²) in [4.78, 5) is 0. The fourth-order valence-electron chi connectivity index (χ4n) is 1.47. The summed E-state index contributed by atoms with van der Waals surface area (Å²) < 4.78 is 11.0. The van der Waals surface area contributed by atoms with Crippen molar-refractivity contribution in [1.29, 1.82) is 0 Å². The number of rotatable bonds is 5. The first kappa shape index (κ1) is 11.6. The Morgan fingerprint density at radius 1 is 1.44 bits per heavy atom. The van der Waals surface area contributed by atoms with E-state index in [-0.39, 0.29) is 0 Å². The SMILES string of the molecule is COc1cc(CNO)ccc1OC1CSC1. The number of hydrogen-bond donors (Lipinski definition) is 2. The van der Waals surface area contributed by atoms with Crippen LogP contribution in [0.1, 0.15) is 5.56 Å². The third kappa shape index (κ3) is 2.61. The molecule has 0 radical (unpaired) electrons. The molecule has 0 unspecified atom stereocenters. The molecular weight excluding hydrogens is 226 g/mol. The Hall–Kier alpha value is -0.910. The number of hydroxylamine groups is 1. The van der Waals surface area contributed by atoms with Crippen LogP contribution in [-0.4, -0.2) is 29.9 Å².